The zero-order valence-corrected chi connectivity index (χ0v) is 35.1. The number of nitrogens with zero attached hydrogens (tertiary/aromatic N) is 3. The van der Waals surface area contributed by atoms with E-state index >= 15 is 0 Å². The Hall–Kier alpha value is -3.61. The Morgan fingerprint density at radius 1 is 1.11 bits per heavy atom. The zero-order valence-electron chi connectivity index (χ0n) is 33.4. The molecule has 2 aromatic rings. The lowest BCUT2D eigenvalue weighted by atomic mass is 9.80. The number of benzene rings is 1. The number of halogens is 3. The number of rotatable bonds is 20. The minimum Gasteiger partial charge on any atom is -0.439 e. The van der Waals surface area contributed by atoms with E-state index in [9.17, 15) is 40.8 Å². The number of thiazole rings is 1. The number of Topliss-reactive ketones (excluding diaryl/α,β-unsaturated/α-hetero) is 1. The number of likely N-dealkylation sites (N-methyl/N-ethyl adjacent to an activating group) is 1. The number of hydrogen-bond acceptors (Lipinski definition) is 10. The number of ether oxygens (including phenoxy) is 1. The van der Waals surface area contributed by atoms with Crippen molar-refractivity contribution in [3.05, 3.63) is 52.0 Å². The van der Waals surface area contributed by atoms with Crippen molar-refractivity contribution in [1.82, 2.24) is 30.1 Å². The topological polar surface area (TPSA) is 167 Å². The van der Waals surface area contributed by atoms with Crippen molar-refractivity contribution in [2.45, 2.75) is 109 Å². The van der Waals surface area contributed by atoms with E-state index < -0.39 is 63.7 Å². The number of sulfonamides is 1. The van der Waals surface area contributed by atoms with Gasteiger partial charge in [0.15, 0.2) is 11.9 Å². The highest BCUT2D eigenvalue weighted by Crippen LogP contribution is 2.35. The van der Waals surface area contributed by atoms with E-state index in [2.05, 4.69) is 20.5 Å². The van der Waals surface area contributed by atoms with E-state index in [1.165, 1.54) is 10.1 Å². The molecule has 18 heteroatoms. The number of ketones is 1. The highest BCUT2D eigenvalue weighted by Gasteiger charge is 2.46. The lowest BCUT2D eigenvalue weighted by Crippen LogP contribution is -2.50. The first-order valence-corrected chi connectivity index (χ1v) is 21.3. The summed E-state index contributed by atoms with van der Waals surface area (Å²) in [5, 5.41) is 6.82. The lowest BCUT2D eigenvalue weighted by Gasteiger charge is -2.38. The minimum absolute atomic E-state index is 0.00247. The molecule has 0 bridgehead atoms. The van der Waals surface area contributed by atoms with Gasteiger partial charge in [-0.3, -0.25) is 19.3 Å². The Kier molecular flexibility index (Phi) is 16.9. The summed E-state index contributed by atoms with van der Waals surface area (Å²) in [5.74, 6) is -1.76. The third-order valence-corrected chi connectivity index (χ3v) is 12.9. The van der Waals surface area contributed by atoms with Gasteiger partial charge in [-0.25, -0.2) is 22.9 Å². The monoisotopic (exact) mass is 830 g/mol. The van der Waals surface area contributed by atoms with Crippen molar-refractivity contribution < 1.29 is 45.5 Å². The first-order chi connectivity index (χ1) is 26.1. The van der Waals surface area contributed by atoms with Crippen LogP contribution in [0.3, 0.4) is 0 Å². The molecular weight excluding hydrogens is 774 g/mol. The van der Waals surface area contributed by atoms with Crippen LogP contribution in [0, 0.1) is 17.8 Å². The van der Waals surface area contributed by atoms with Crippen LogP contribution >= 0.6 is 11.3 Å². The maximum Gasteiger partial charge on any atom is 0.511 e. The fourth-order valence-electron chi connectivity index (χ4n) is 6.89. The van der Waals surface area contributed by atoms with Gasteiger partial charge in [-0.05, 0) is 64.1 Å². The molecule has 1 aliphatic rings. The predicted molar refractivity (Wildman–Crippen MR) is 208 cm³/mol. The summed E-state index contributed by atoms with van der Waals surface area (Å²) in [6.45, 7) is 11.8. The van der Waals surface area contributed by atoms with E-state index in [1.807, 2.05) is 41.7 Å². The largest absolute Gasteiger partial charge is 0.511 e. The van der Waals surface area contributed by atoms with Gasteiger partial charge in [-0.1, -0.05) is 64.4 Å². The summed E-state index contributed by atoms with van der Waals surface area (Å²) >= 11 is 1.02. The molecule has 0 unspecified atom stereocenters. The summed E-state index contributed by atoms with van der Waals surface area (Å²) in [7, 11) is -2.07. The maximum atomic E-state index is 14.3. The normalized spacial score (nSPS) is 19.1. The second kappa shape index (κ2) is 20.2. The van der Waals surface area contributed by atoms with Gasteiger partial charge in [0.1, 0.15) is 10.7 Å². The van der Waals surface area contributed by atoms with E-state index in [0.717, 1.165) is 30.7 Å². The Balaban J connectivity index is 1.88. The SMILES string of the molecule is CCNC(=O)O[C@H](C[C@H](C(C)C)N(C)C(=O)[C@@H](CC(=O)[C@@]1(C)CCCN1C)[C@@H](C)CC)c1nc(C(=O)N[C@H](CNS(=O)(=O)C(F)(F)F)Cc2ccccc2)cs1. The molecule has 0 saturated carbocycles. The van der Waals surface area contributed by atoms with Crippen molar-refractivity contribution in [2.75, 3.05) is 33.7 Å². The number of carbonyl (C=O) groups is 4. The lowest BCUT2D eigenvalue weighted by molar-refractivity contribution is -0.143. The smallest absolute Gasteiger partial charge is 0.439 e. The second-order valence-corrected chi connectivity index (χ2v) is 17.7. The van der Waals surface area contributed by atoms with Crippen molar-refractivity contribution >= 4 is 45.1 Å². The number of hydrogen-bond donors (Lipinski definition) is 3. The summed E-state index contributed by atoms with van der Waals surface area (Å²) in [4.78, 5) is 62.5. The van der Waals surface area contributed by atoms with E-state index in [4.69, 9.17) is 4.74 Å². The summed E-state index contributed by atoms with van der Waals surface area (Å²) in [6.07, 6.45) is 0.745. The van der Waals surface area contributed by atoms with Crippen LogP contribution in [0.5, 0.6) is 0 Å². The first-order valence-electron chi connectivity index (χ1n) is 19.0. The molecule has 1 aromatic heterocycles. The third-order valence-electron chi connectivity index (χ3n) is 10.8. The molecule has 0 aliphatic carbocycles. The first kappa shape index (κ1) is 46.8. The second-order valence-electron chi connectivity index (χ2n) is 15.1. The average molecular weight is 831 g/mol. The van der Waals surface area contributed by atoms with Crippen LogP contribution in [0.25, 0.3) is 0 Å². The fourth-order valence-corrected chi connectivity index (χ4v) is 8.31. The number of alkyl halides is 3. The van der Waals surface area contributed by atoms with Crippen molar-refractivity contribution in [3.8, 4) is 0 Å². The molecule has 0 radical (unpaired) electrons. The number of nitrogens with one attached hydrogen (secondary N) is 3. The molecular formula is C38H57F3N6O7S2. The highest BCUT2D eigenvalue weighted by molar-refractivity contribution is 7.90. The molecule has 13 nitrogen and oxygen atoms in total. The van der Waals surface area contributed by atoms with Crippen LogP contribution in [0.2, 0.25) is 0 Å². The van der Waals surface area contributed by atoms with Gasteiger partial charge in [-0.2, -0.15) is 13.2 Å². The van der Waals surface area contributed by atoms with Gasteiger partial charge in [-0.15, -0.1) is 11.3 Å². The average Bonchev–Trinajstić information content (AvgIpc) is 3.77. The summed E-state index contributed by atoms with van der Waals surface area (Å²) < 4.78 is 70.2. The molecule has 56 heavy (non-hydrogen) atoms. The molecule has 2 heterocycles. The van der Waals surface area contributed by atoms with Crippen LogP contribution < -0.4 is 15.4 Å². The number of alkyl carbamates (subject to hydrolysis) is 1. The number of aromatic nitrogens is 1. The Bertz CT molecular complexity index is 1740. The summed E-state index contributed by atoms with van der Waals surface area (Å²) in [5.41, 5.74) is -5.67. The fraction of sp³-hybridized carbons (Fsp3) is 0.658. The van der Waals surface area contributed by atoms with Gasteiger partial charge in [0.2, 0.25) is 5.91 Å². The van der Waals surface area contributed by atoms with E-state index in [0.29, 0.717) is 12.0 Å². The van der Waals surface area contributed by atoms with Gasteiger partial charge in [0.25, 0.3) is 5.91 Å². The van der Waals surface area contributed by atoms with E-state index in [-0.39, 0.29) is 60.0 Å². The molecule has 3 rings (SSSR count). The summed E-state index contributed by atoms with van der Waals surface area (Å²) in [6, 6.07) is 6.92. The molecule has 3 N–H and O–H groups in total. The molecule has 1 aliphatic heterocycles. The molecule has 0 spiro atoms. The third kappa shape index (κ3) is 12.2. The molecule has 6 atom stereocenters. The predicted octanol–water partition coefficient (Wildman–Crippen LogP) is 5.69. The van der Waals surface area contributed by atoms with Crippen LogP contribution in [-0.4, -0.2) is 104 Å². The molecule has 1 saturated heterocycles. The number of amides is 3. The van der Waals surface area contributed by atoms with Crippen molar-refractivity contribution in [2.24, 2.45) is 17.8 Å². The van der Waals surface area contributed by atoms with Crippen LogP contribution in [-0.2, 0) is 30.8 Å². The van der Waals surface area contributed by atoms with Crippen molar-refractivity contribution in [3.63, 3.8) is 0 Å². The van der Waals surface area contributed by atoms with Gasteiger partial charge in [0, 0.05) is 56.4 Å². The quantitative estimate of drug-likeness (QED) is 0.152. The van der Waals surface area contributed by atoms with Crippen LogP contribution in [0.4, 0.5) is 18.0 Å². The standard InChI is InChI=1S/C38H57F3N6O7S2/c1-9-25(5)28(20-32(48)37(6)17-14-18-46(37)7)35(50)47(8)30(24(3)4)21-31(54-36(51)42-10-2)34-45-29(23-55-34)33(49)44-27(19-26-15-12-11-13-16-26)22-43-56(52,53)38(39,40)41/h11-13,15-16,23-25,27-28,30-31,43H,9-10,14,17-22H2,1-8H3,(H,42,51)(H,44,49)/t25-,27-,28-,30+,31+,37+/m0/s1. The van der Waals surface area contributed by atoms with E-state index in [1.54, 1.807) is 49.2 Å². The number of carbonyl (C=O) groups excluding carboxylic acids is 4. The van der Waals surface area contributed by atoms with Gasteiger partial charge >= 0.3 is 21.6 Å². The molecule has 1 fully saturated rings. The highest BCUT2D eigenvalue weighted by atomic mass is 32.2. The Morgan fingerprint density at radius 3 is 2.32 bits per heavy atom. The number of likely N-dealkylation sites (tertiary alicyclic amines) is 1. The van der Waals surface area contributed by atoms with Crippen molar-refractivity contribution in [1.29, 1.82) is 0 Å². The van der Waals surface area contributed by atoms with Crippen LogP contribution in [0.1, 0.15) is 101 Å². The minimum atomic E-state index is -5.68. The molecule has 3 amide bonds. The molecule has 314 valence electrons. The molecule has 1 aromatic carbocycles. The van der Waals surface area contributed by atoms with Gasteiger partial charge < -0.3 is 20.3 Å². The van der Waals surface area contributed by atoms with Gasteiger partial charge in [0.05, 0.1) is 5.54 Å². The Labute approximate surface area is 332 Å². The Morgan fingerprint density at radius 2 is 1.77 bits per heavy atom. The zero-order chi connectivity index (χ0) is 42.0. The van der Waals surface area contributed by atoms with Crippen LogP contribution in [0.15, 0.2) is 35.7 Å². The maximum absolute atomic E-state index is 14.3.